The van der Waals surface area contributed by atoms with Gasteiger partial charge in [0.25, 0.3) is 0 Å². The zero-order chi connectivity index (χ0) is 12.8. The van der Waals surface area contributed by atoms with Crippen molar-refractivity contribution < 1.29 is 0 Å². The largest absolute Gasteiger partial charge is 0.368 e. The summed E-state index contributed by atoms with van der Waals surface area (Å²) in [5, 5.41) is 3.13. The Morgan fingerprint density at radius 3 is 2.18 bits per heavy atom. The molecule has 0 saturated carbocycles. The first kappa shape index (κ1) is 13.5. The van der Waals surface area contributed by atoms with E-state index in [2.05, 4.69) is 41.0 Å². The molecule has 0 aliphatic carbocycles. The van der Waals surface area contributed by atoms with Gasteiger partial charge in [-0.3, -0.25) is 0 Å². The predicted molar refractivity (Wildman–Crippen MR) is 70.4 cm³/mol. The van der Waals surface area contributed by atoms with E-state index in [1.807, 2.05) is 0 Å². The van der Waals surface area contributed by atoms with Crippen LogP contribution in [0.15, 0.2) is 0 Å². The number of hydrogen-bond donors (Lipinski definition) is 3. The maximum absolute atomic E-state index is 5.49. The molecule has 0 saturated heterocycles. The molecule has 2 atom stereocenters. The van der Waals surface area contributed by atoms with Crippen LogP contribution in [-0.2, 0) is 0 Å². The number of aromatic nitrogens is 3. The summed E-state index contributed by atoms with van der Waals surface area (Å²) in [6.45, 7) is 7.48. The van der Waals surface area contributed by atoms with Crippen molar-refractivity contribution >= 4 is 17.8 Å². The van der Waals surface area contributed by atoms with Crippen LogP contribution in [-0.4, -0.2) is 21.5 Å². The molecular formula is C11H22N6. The lowest BCUT2D eigenvalue weighted by Gasteiger charge is -2.16. The maximum Gasteiger partial charge on any atom is 0.229 e. The molecule has 0 bridgehead atoms. The van der Waals surface area contributed by atoms with E-state index in [4.69, 9.17) is 11.5 Å². The summed E-state index contributed by atoms with van der Waals surface area (Å²) in [6, 6.07) is 0. The van der Waals surface area contributed by atoms with Crippen LogP contribution in [0, 0.1) is 11.8 Å². The molecule has 0 amide bonds. The van der Waals surface area contributed by atoms with E-state index < -0.39 is 0 Å². The van der Waals surface area contributed by atoms with Crippen LogP contribution in [0.3, 0.4) is 0 Å². The van der Waals surface area contributed by atoms with Gasteiger partial charge in [0, 0.05) is 6.54 Å². The molecule has 96 valence electrons. The van der Waals surface area contributed by atoms with Gasteiger partial charge < -0.3 is 16.8 Å². The van der Waals surface area contributed by atoms with Crippen molar-refractivity contribution in [3.05, 3.63) is 0 Å². The molecule has 2 unspecified atom stereocenters. The average molecular weight is 238 g/mol. The first-order chi connectivity index (χ1) is 8.01. The molecule has 5 N–H and O–H groups in total. The zero-order valence-corrected chi connectivity index (χ0v) is 10.8. The first-order valence-corrected chi connectivity index (χ1v) is 6.02. The number of nitrogens with one attached hydrogen (secondary N) is 1. The van der Waals surface area contributed by atoms with E-state index in [1.54, 1.807) is 0 Å². The van der Waals surface area contributed by atoms with Gasteiger partial charge in [0.05, 0.1) is 0 Å². The summed E-state index contributed by atoms with van der Waals surface area (Å²) in [5.41, 5.74) is 11.0. The molecule has 6 heteroatoms. The van der Waals surface area contributed by atoms with Crippen LogP contribution < -0.4 is 16.8 Å². The SMILES string of the molecule is CCC(C)CC(C)CNc1nc(N)nc(N)n1. The molecule has 0 aliphatic heterocycles. The van der Waals surface area contributed by atoms with Crippen molar-refractivity contribution in [2.75, 3.05) is 23.3 Å². The highest BCUT2D eigenvalue weighted by Crippen LogP contribution is 2.15. The second kappa shape index (κ2) is 6.22. The molecular weight excluding hydrogens is 216 g/mol. The number of hydrogen-bond acceptors (Lipinski definition) is 6. The fourth-order valence-corrected chi connectivity index (χ4v) is 1.69. The van der Waals surface area contributed by atoms with Crippen LogP contribution >= 0.6 is 0 Å². The standard InChI is InChI=1S/C11H22N6/c1-4-7(2)5-8(3)6-14-11-16-9(12)15-10(13)17-11/h7-8H,4-6H2,1-3H3,(H5,12,13,14,15,16,17). The van der Waals surface area contributed by atoms with E-state index in [-0.39, 0.29) is 11.9 Å². The second-order valence-electron chi connectivity index (χ2n) is 4.61. The molecule has 0 aliphatic rings. The minimum Gasteiger partial charge on any atom is -0.368 e. The fourth-order valence-electron chi connectivity index (χ4n) is 1.69. The van der Waals surface area contributed by atoms with Crippen LogP contribution in [0.1, 0.15) is 33.6 Å². The van der Waals surface area contributed by atoms with Crippen LogP contribution in [0.25, 0.3) is 0 Å². The number of nitrogen functional groups attached to an aromatic ring is 2. The highest BCUT2D eigenvalue weighted by atomic mass is 15.2. The van der Waals surface area contributed by atoms with E-state index in [9.17, 15) is 0 Å². The summed E-state index contributed by atoms with van der Waals surface area (Å²) < 4.78 is 0. The van der Waals surface area contributed by atoms with Gasteiger partial charge in [-0.2, -0.15) is 15.0 Å². The zero-order valence-electron chi connectivity index (χ0n) is 10.8. The van der Waals surface area contributed by atoms with Crippen molar-refractivity contribution in [2.24, 2.45) is 11.8 Å². The molecule has 0 radical (unpaired) electrons. The second-order valence-corrected chi connectivity index (χ2v) is 4.61. The van der Waals surface area contributed by atoms with E-state index in [1.165, 1.54) is 12.8 Å². The minimum atomic E-state index is 0.148. The number of anilines is 3. The van der Waals surface area contributed by atoms with Crippen LogP contribution in [0.5, 0.6) is 0 Å². The Bertz CT molecular complexity index is 334. The van der Waals surface area contributed by atoms with Crippen LogP contribution in [0.4, 0.5) is 17.8 Å². The fraction of sp³-hybridized carbons (Fsp3) is 0.727. The lowest BCUT2D eigenvalue weighted by Crippen LogP contribution is -2.16. The summed E-state index contributed by atoms with van der Waals surface area (Å²) in [7, 11) is 0. The molecule has 1 aromatic heterocycles. The monoisotopic (exact) mass is 238 g/mol. The number of rotatable bonds is 6. The topological polar surface area (TPSA) is 103 Å². The lowest BCUT2D eigenvalue weighted by molar-refractivity contribution is 0.418. The quantitative estimate of drug-likeness (QED) is 0.694. The van der Waals surface area contributed by atoms with Gasteiger partial charge in [-0.25, -0.2) is 0 Å². The Kier molecular flexibility index (Phi) is 4.93. The van der Waals surface area contributed by atoms with Gasteiger partial charge >= 0.3 is 0 Å². The molecule has 0 fully saturated rings. The third kappa shape index (κ3) is 4.84. The summed E-state index contributed by atoms with van der Waals surface area (Å²) >= 11 is 0. The Morgan fingerprint density at radius 2 is 1.65 bits per heavy atom. The summed E-state index contributed by atoms with van der Waals surface area (Å²) in [5.74, 6) is 2.04. The maximum atomic E-state index is 5.49. The average Bonchev–Trinajstić information content (AvgIpc) is 2.25. The smallest absolute Gasteiger partial charge is 0.229 e. The Balaban J connectivity index is 2.44. The third-order valence-corrected chi connectivity index (χ3v) is 2.78. The van der Waals surface area contributed by atoms with Gasteiger partial charge in [-0.1, -0.05) is 27.2 Å². The molecule has 17 heavy (non-hydrogen) atoms. The van der Waals surface area contributed by atoms with E-state index in [0.717, 1.165) is 12.5 Å². The number of nitrogens with zero attached hydrogens (tertiary/aromatic N) is 3. The first-order valence-electron chi connectivity index (χ1n) is 6.02. The van der Waals surface area contributed by atoms with Gasteiger partial charge in [0.15, 0.2) is 0 Å². The highest BCUT2D eigenvalue weighted by Gasteiger charge is 2.08. The van der Waals surface area contributed by atoms with E-state index >= 15 is 0 Å². The van der Waals surface area contributed by atoms with Gasteiger partial charge in [-0.05, 0) is 18.3 Å². The van der Waals surface area contributed by atoms with Crippen molar-refractivity contribution in [1.82, 2.24) is 15.0 Å². The molecule has 0 aromatic carbocycles. The Morgan fingerprint density at radius 1 is 1.06 bits per heavy atom. The number of nitrogens with two attached hydrogens (primary N) is 2. The summed E-state index contributed by atoms with van der Waals surface area (Å²) in [4.78, 5) is 11.7. The highest BCUT2D eigenvalue weighted by molar-refractivity contribution is 5.36. The van der Waals surface area contributed by atoms with Gasteiger partial charge in [-0.15, -0.1) is 0 Å². The van der Waals surface area contributed by atoms with Crippen LogP contribution in [0.2, 0.25) is 0 Å². The van der Waals surface area contributed by atoms with Crippen molar-refractivity contribution in [3.63, 3.8) is 0 Å². The van der Waals surface area contributed by atoms with Gasteiger partial charge in [0.2, 0.25) is 17.8 Å². The third-order valence-electron chi connectivity index (χ3n) is 2.78. The molecule has 1 aromatic rings. The van der Waals surface area contributed by atoms with Crippen molar-refractivity contribution in [1.29, 1.82) is 0 Å². The molecule has 1 rings (SSSR count). The minimum absolute atomic E-state index is 0.148. The van der Waals surface area contributed by atoms with E-state index in [0.29, 0.717) is 11.9 Å². The molecule has 1 heterocycles. The summed E-state index contributed by atoms with van der Waals surface area (Å²) in [6.07, 6.45) is 2.38. The predicted octanol–water partition coefficient (Wildman–Crippen LogP) is 1.52. The van der Waals surface area contributed by atoms with Crippen molar-refractivity contribution in [3.8, 4) is 0 Å². The lowest BCUT2D eigenvalue weighted by atomic mass is 9.95. The Hall–Kier alpha value is -1.59. The molecule has 6 nitrogen and oxygen atoms in total. The molecule has 0 spiro atoms. The normalized spacial score (nSPS) is 14.3. The van der Waals surface area contributed by atoms with Gasteiger partial charge in [0.1, 0.15) is 0 Å². The van der Waals surface area contributed by atoms with Crippen molar-refractivity contribution in [2.45, 2.75) is 33.6 Å². The Labute approximate surface area is 102 Å².